The second-order valence-electron chi connectivity index (χ2n) is 2.80. The molecular weight excluding hydrogens is 182 g/mol. The normalized spacial score (nSPS) is 9.86. The Morgan fingerprint density at radius 2 is 2.07 bits per heavy atom. The number of aromatic nitrogens is 1. The van der Waals surface area contributed by atoms with Gasteiger partial charge in [-0.3, -0.25) is 0 Å². The first-order valence-corrected chi connectivity index (χ1v) is 4.54. The molecule has 0 aliphatic carbocycles. The van der Waals surface area contributed by atoms with Gasteiger partial charge in [0.15, 0.2) is 6.20 Å². The quantitative estimate of drug-likeness (QED) is 0.543. The molecule has 1 heterocycles. The molecule has 0 radical (unpaired) electrons. The van der Waals surface area contributed by atoms with Crippen molar-refractivity contribution in [1.82, 2.24) is 4.98 Å². The predicted octanol–water partition coefficient (Wildman–Crippen LogP) is 1.84. The lowest BCUT2D eigenvalue weighted by Gasteiger charge is -2.18. The molecule has 0 N–H and O–H groups in total. The van der Waals surface area contributed by atoms with E-state index in [1.54, 1.807) is 6.07 Å². The summed E-state index contributed by atoms with van der Waals surface area (Å²) in [6, 6.07) is 3.14. The van der Waals surface area contributed by atoms with E-state index in [9.17, 15) is 10.1 Å². The average Bonchev–Trinajstić information content (AvgIpc) is 2.20. The van der Waals surface area contributed by atoms with Gasteiger partial charge < -0.3 is 15.0 Å². The summed E-state index contributed by atoms with van der Waals surface area (Å²) in [4.78, 5) is 15.7. The monoisotopic (exact) mass is 195 g/mol. The third kappa shape index (κ3) is 2.18. The predicted molar refractivity (Wildman–Crippen MR) is 54.5 cm³/mol. The molecule has 0 aromatic carbocycles. The van der Waals surface area contributed by atoms with E-state index in [0.29, 0.717) is 0 Å². The maximum atomic E-state index is 10.4. The lowest BCUT2D eigenvalue weighted by molar-refractivity contribution is -0.389. The molecule has 76 valence electrons. The number of nitrogens with zero attached hydrogens (tertiary/aromatic N) is 3. The van der Waals surface area contributed by atoms with E-state index >= 15 is 0 Å². The van der Waals surface area contributed by atoms with Crippen LogP contribution in [0.15, 0.2) is 18.3 Å². The Morgan fingerprint density at radius 3 is 2.43 bits per heavy atom. The molecule has 1 aromatic heterocycles. The minimum atomic E-state index is -0.494. The molecule has 1 aromatic rings. The van der Waals surface area contributed by atoms with Crippen molar-refractivity contribution in [2.45, 2.75) is 13.8 Å². The Kier molecular flexibility index (Phi) is 3.39. The van der Waals surface area contributed by atoms with Gasteiger partial charge in [-0.25, -0.2) is 0 Å². The number of hydrogen-bond donors (Lipinski definition) is 0. The summed E-state index contributed by atoms with van der Waals surface area (Å²) in [5, 5.41) is 10.4. The van der Waals surface area contributed by atoms with Crippen molar-refractivity contribution in [2.75, 3.05) is 18.0 Å². The van der Waals surface area contributed by atoms with E-state index in [-0.39, 0.29) is 5.82 Å². The molecule has 0 aliphatic heterocycles. The summed E-state index contributed by atoms with van der Waals surface area (Å²) in [5.41, 5.74) is 0.917. The first-order valence-electron chi connectivity index (χ1n) is 4.54. The van der Waals surface area contributed by atoms with E-state index in [1.165, 1.54) is 12.3 Å². The molecule has 0 saturated heterocycles. The number of nitro groups is 1. The van der Waals surface area contributed by atoms with Gasteiger partial charge in [0.2, 0.25) is 0 Å². The smallest absolute Gasteiger partial charge is 0.363 e. The highest BCUT2D eigenvalue weighted by molar-refractivity contribution is 5.46. The highest BCUT2D eigenvalue weighted by Gasteiger charge is 2.08. The van der Waals surface area contributed by atoms with E-state index in [4.69, 9.17) is 0 Å². The molecule has 0 spiro atoms. The van der Waals surface area contributed by atoms with Crippen molar-refractivity contribution in [2.24, 2.45) is 0 Å². The lowest BCUT2D eigenvalue weighted by atomic mass is 10.3. The summed E-state index contributed by atoms with van der Waals surface area (Å²) in [6.07, 6.45) is 1.53. The van der Waals surface area contributed by atoms with Crippen LogP contribution < -0.4 is 4.90 Å². The number of hydrogen-bond acceptors (Lipinski definition) is 4. The van der Waals surface area contributed by atoms with Gasteiger partial charge in [0.05, 0.1) is 5.69 Å². The maximum Gasteiger partial charge on any atom is 0.363 e. The van der Waals surface area contributed by atoms with Crippen LogP contribution in [0, 0.1) is 10.1 Å². The Morgan fingerprint density at radius 1 is 1.43 bits per heavy atom. The zero-order valence-electron chi connectivity index (χ0n) is 8.30. The maximum absolute atomic E-state index is 10.4. The largest absolute Gasteiger partial charge is 0.369 e. The van der Waals surface area contributed by atoms with Crippen molar-refractivity contribution in [3.8, 4) is 0 Å². The van der Waals surface area contributed by atoms with Crippen molar-refractivity contribution < 1.29 is 4.92 Å². The summed E-state index contributed by atoms with van der Waals surface area (Å²) in [6.45, 7) is 5.81. The Hall–Kier alpha value is -1.65. The molecule has 0 amide bonds. The van der Waals surface area contributed by atoms with Gasteiger partial charge in [0, 0.05) is 19.2 Å². The molecule has 5 heteroatoms. The summed E-state index contributed by atoms with van der Waals surface area (Å²) in [7, 11) is 0. The fourth-order valence-electron chi connectivity index (χ4n) is 1.26. The average molecular weight is 195 g/mol. The van der Waals surface area contributed by atoms with Gasteiger partial charge in [0.1, 0.15) is 0 Å². The van der Waals surface area contributed by atoms with Gasteiger partial charge in [-0.2, -0.15) is 0 Å². The van der Waals surface area contributed by atoms with E-state index in [0.717, 1.165) is 18.8 Å². The molecule has 0 fully saturated rings. The minimum Gasteiger partial charge on any atom is -0.369 e. The first-order chi connectivity index (χ1) is 6.69. The minimum absolute atomic E-state index is 0.110. The van der Waals surface area contributed by atoms with Crippen molar-refractivity contribution in [1.29, 1.82) is 0 Å². The van der Waals surface area contributed by atoms with Crippen LogP contribution in [-0.2, 0) is 0 Å². The Bertz CT molecular complexity index is 306. The highest BCUT2D eigenvalue weighted by atomic mass is 16.6. The number of anilines is 1. The summed E-state index contributed by atoms with van der Waals surface area (Å²) < 4.78 is 0. The van der Waals surface area contributed by atoms with Crippen LogP contribution in [0.3, 0.4) is 0 Å². The number of rotatable bonds is 4. The molecule has 14 heavy (non-hydrogen) atoms. The van der Waals surface area contributed by atoms with Gasteiger partial charge in [-0.1, -0.05) is 0 Å². The second kappa shape index (κ2) is 4.55. The van der Waals surface area contributed by atoms with Crippen LogP contribution in [0.4, 0.5) is 11.5 Å². The van der Waals surface area contributed by atoms with Crippen LogP contribution >= 0.6 is 0 Å². The van der Waals surface area contributed by atoms with Crippen molar-refractivity contribution >= 4 is 11.5 Å². The third-order valence-electron chi connectivity index (χ3n) is 2.05. The zero-order chi connectivity index (χ0) is 10.6. The Labute approximate surface area is 82.5 Å². The van der Waals surface area contributed by atoms with Crippen molar-refractivity contribution in [3.63, 3.8) is 0 Å². The van der Waals surface area contributed by atoms with Gasteiger partial charge in [-0.05, 0) is 29.8 Å². The molecule has 0 aliphatic rings. The van der Waals surface area contributed by atoms with Crippen LogP contribution in [0.25, 0.3) is 0 Å². The molecule has 1 rings (SSSR count). The first kappa shape index (κ1) is 10.4. The lowest BCUT2D eigenvalue weighted by Crippen LogP contribution is -2.21. The van der Waals surface area contributed by atoms with Crippen LogP contribution in [0.1, 0.15) is 13.8 Å². The molecule has 0 unspecified atom stereocenters. The molecule has 0 atom stereocenters. The standard InChI is InChI=1S/C9H13N3O2/c1-3-11(4-2)8-5-6-9(10-7-8)12(13)14/h5-7H,3-4H2,1-2H3. The summed E-state index contributed by atoms with van der Waals surface area (Å²) >= 11 is 0. The zero-order valence-corrected chi connectivity index (χ0v) is 8.30. The van der Waals surface area contributed by atoms with E-state index < -0.39 is 4.92 Å². The number of pyridine rings is 1. The topological polar surface area (TPSA) is 59.3 Å². The SMILES string of the molecule is CCN(CC)c1ccc([N+](=O)[O-])nc1. The highest BCUT2D eigenvalue weighted by Crippen LogP contribution is 2.15. The molecule has 0 bridgehead atoms. The van der Waals surface area contributed by atoms with Crippen LogP contribution in [-0.4, -0.2) is 23.0 Å². The van der Waals surface area contributed by atoms with Crippen LogP contribution in [0.2, 0.25) is 0 Å². The van der Waals surface area contributed by atoms with Gasteiger partial charge in [0.25, 0.3) is 0 Å². The third-order valence-corrected chi connectivity index (χ3v) is 2.05. The van der Waals surface area contributed by atoms with Crippen LogP contribution in [0.5, 0.6) is 0 Å². The second-order valence-corrected chi connectivity index (χ2v) is 2.80. The van der Waals surface area contributed by atoms with Gasteiger partial charge in [-0.15, -0.1) is 0 Å². The van der Waals surface area contributed by atoms with Gasteiger partial charge >= 0.3 is 5.82 Å². The molecule has 0 saturated carbocycles. The molecular formula is C9H13N3O2. The van der Waals surface area contributed by atoms with E-state index in [2.05, 4.69) is 9.88 Å². The molecule has 5 nitrogen and oxygen atoms in total. The summed E-state index contributed by atoms with van der Waals surface area (Å²) in [5.74, 6) is -0.110. The van der Waals surface area contributed by atoms with E-state index in [1.807, 2.05) is 13.8 Å². The fraction of sp³-hybridized carbons (Fsp3) is 0.444. The van der Waals surface area contributed by atoms with Crippen molar-refractivity contribution in [3.05, 3.63) is 28.4 Å². The Balaban J connectivity index is 2.87. The fourth-order valence-corrected chi connectivity index (χ4v) is 1.26.